The van der Waals surface area contributed by atoms with Crippen molar-refractivity contribution >= 4 is 5.82 Å². The van der Waals surface area contributed by atoms with Gasteiger partial charge in [0.2, 0.25) is 0 Å². The van der Waals surface area contributed by atoms with Gasteiger partial charge in [-0.25, -0.2) is 4.98 Å². The smallest absolute Gasteiger partial charge is 0.133 e. The van der Waals surface area contributed by atoms with Crippen molar-refractivity contribution < 1.29 is 9.47 Å². The number of ether oxygens (including phenoxy) is 2. The lowest BCUT2D eigenvalue weighted by molar-refractivity contribution is 0.191. The molecule has 0 fully saturated rings. The van der Waals surface area contributed by atoms with Gasteiger partial charge in [-0.05, 0) is 25.5 Å². The second-order valence-corrected chi connectivity index (χ2v) is 4.99. The lowest BCUT2D eigenvalue weighted by atomic mass is 10.2. The van der Waals surface area contributed by atoms with Gasteiger partial charge in [0, 0.05) is 52.2 Å². The highest BCUT2D eigenvalue weighted by Gasteiger charge is 2.12. The SMILES string of the molecule is CCCNCc1cccnc1N(CCCOC)CCOC. The van der Waals surface area contributed by atoms with Crippen LogP contribution in [0.5, 0.6) is 0 Å². The second kappa shape index (κ2) is 11.5. The molecule has 1 heterocycles. The van der Waals surface area contributed by atoms with Crippen LogP contribution in [0.15, 0.2) is 18.3 Å². The van der Waals surface area contributed by atoms with E-state index < -0.39 is 0 Å². The highest BCUT2D eigenvalue weighted by atomic mass is 16.5. The van der Waals surface area contributed by atoms with E-state index in [1.807, 2.05) is 12.3 Å². The number of methoxy groups -OCH3 is 2. The van der Waals surface area contributed by atoms with E-state index in [9.17, 15) is 0 Å². The highest BCUT2D eigenvalue weighted by molar-refractivity contribution is 5.46. The molecule has 0 saturated heterocycles. The molecule has 0 aromatic carbocycles. The number of nitrogens with one attached hydrogen (secondary N) is 1. The summed E-state index contributed by atoms with van der Waals surface area (Å²) in [6, 6.07) is 4.14. The summed E-state index contributed by atoms with van der Waals surface area (Å²) in [5.74, 6) is 1.05. The van der Waals surface area contributed by atoms with E-state index in [4.69, 9.17) is 9.47 Å². The molecule has 120 valence electrons. The largest absolute Gasteiger partial charge is 0.385 e. The van der Waals surface area contributed by atoms with Crippen LogP contribution in [0.1, 0.15) is 25.3 Å². The standard InChI is InChI=1S/C16H29N3O2/c1-4-8-17-14-15-7-5-9-18-16(15)19(11-13-21-3)10-6-12-20-2/h5,7,9,17H,4,6,8,10-14H2,1-3H3. The first-order chi connectivity index (χ1) is 10.3. The molecule has 5 nitrogen and oxygen atoms in total. The lowest BCUT2D eigenvalue weighted by Crippen LogP contribution is -2.31. The molecule has 1 aromatic rings. The number of aromatic nitrogens is 1. The van der Waals surface area contributed by atoms with E-state index >= 15 is 0 Å². The van der Waals surface area contributed by atoms with Gasteiger partial charge in [0.05, 0.1) is 6.61 Å². The average Bonchev–Trinajstić information content (AvgIpc) is 2.52. The van der Waals surface area contributed by atoms with E-state index in [1.54, 1.807) is 14.2 Å². The van der Waals surface area contributed by atoms with Gasteiger partial charge in [-0.2, -0.15) is 0 Å². The number of hydrogen-bond donors (Lipinski definition) is 1. The normalized spacial score (nSPS) is 10.8. The van der Waals surface area contributed by atoms with Crippen molar-refractivity contribution in [3.05, 3.63) is 23.9 Å². The summed E-state index contributed by atoms with van der Waals surface area (Å²) in [6.45, 7) is 7.28. The minimum Gasteiger partial charge on any atom is -0.385 e. The fourth-order valence-electron chi connectivity index (χ4n) is 2.18. The first-order valence-corrected chi connectivity index (χ1v) is 7.70. The van der Waals surface area contributed by atoms with Gasteiger partial charge in [0.1, 0.15) is 5.82 Å². The molecule has 5 heteroatoms. The minimum absolute atomic E-state index is 0.700. The molecule has 1 aromatic heterocycles. The van der Waals surface area contributed by atoms with Crippen LogP contribution in [0.3, 0.4) is 0 Å². The molecule has 0 bridgehead atoms. The van der Waals surface area contributed by atoms with Crippen LogP contribution in [0, 0.1) is 0 Å². The van der Waals surface area contributed by atoms with Crippen molar-refractivity contribution in [1.29, 1.82) is 0 Å². The maximum Gasteiger partial charge on any atom is 0.133 e. The molecule has 0 radical (unpaired) electrons. The summed E-state index contributed by atoms with van der Waals surface area (Å²) in [6.07, 6.45) is 3.98. The van der Waals surface area contributed by atoms with Crippen molar-refractivity contribution in [1.82, 2.24) is 10.3 Å². The topological polar surface area (TPSA) is 46.6 Å². The zero-order valence-corrected chi connectivity index (χ0v) is 13.6. The van der Waals surface area contributed by atoms with Crippen molar-refractivity contribution in [3.63, 3.8) is 0 Å². The van der Waals surface area contributed by atoms with E-state index in [2.05, 4.69) is 28.2 Å². The predicted molar refractivity (Wildman–Crippen MR) is 86.8 cm³/mol. The maximum atomic E-state index is 5.22. The third-order valence-electron chi connectivity index (χ3n) is 3.25. The Hall–Kier alpha value is -1.17. The summed E-state index contributed by atoms with van der Waals surface area (Å²) < 4.78 is 10.4. The van der Waals surface area contributed by atoms with Gasteiger partial charge in [0.15, 0.2) is 0 Å². The monoisotopic (exact) mass is 295 g/mol. The summed E-state index contributed by atoms with van der Waals surface area (Å²) >= 11 is 0. The van der Waals surface area contributed by atoms with E-state index in [-0.39, 0.29) is 0 Å². The Kier molecular flexibility index (Phi) is 9.78. The van der Waals surface area contributed by atoms with Crippen LogP contribution in [-0.4, -0.2) is 52.1 Å². The zero-order valence-electron chi connectivity index (χ0n) is 13.6. The fraction of sp³-hybridized carbons (Fsp3) is 0.688. The molecule has 0 saturated carbocycles. The van der Waals surface area contributed by atoms with Crippen LogP contribution in [0.2, 0.25) is 0 Å². The predicted octanol–water partition coefficient (Wildman–Crippen LogP) is 2.07. The van der Waals surface area contributed by atoms with Crippen molar-refractivity contribution in [2.24, 2.45) is 0 Å². The Morgan fingerprint density at radius 1 is 1.19 bits per heavy atom. The molecule has 1 rings (SSSR count). The van der Waals surface area contributed by atoms with Gasteiger partial charge in [0.25, 0.3) is 0 Å². The molecule has 0 atom stereocenters. The molecule has 0 unspecified atom stereocenters. The number of nitrogens with zero attached hydrogens (tertiary/aromatic N) is 2. The highest BCUT2D eigenvalue weighted by Crippen LogP contribution is 2.17. The Bertz CT molecular complexity index is 374. The average molecular weight is 295 g/mol. The fourth-order valence-corrected chi connectivity index (χ4v) is 2.18. The number of pyridine rings is 1. The van der Waals surface area contributed by atoms with Gasteiger partial charge in [-0.15, -0.1) is 0 Å². The molecular weight excluding hydrogens is 266 g/mol. The van der Waals surface area contributed by atoms with E-state index in [0.29, 0.717) is 6.61 Å². The quantitative estimate of drug-likeness (QED) is 0.598. The van der Waals surface area contributed by atoms with E-state index in [0.717, 1.165) is 51.4 Å². The third kappa shape index (κ3) is 6.89. The van der Waals surface area contributed by atoms with Crippen LogP contribution in [-0.2, 0) is 16.0 Å². The van der Waals surface area contributed by atoms with Crippen molar-refractivity contribution in [2.45, 2.75) is 26.3 Å². The number of rotatable bonds is 12. The molecule has 0 aliphatic carbocycles. The third-order valence-corrected chi connectivity index (χ3v) is 3.25. The summed E-state index contributed by atoms with van der Waals surface area (Å²) in [5, 5.41) is 3.45. The second-order valence-electron chi connectivity index (χ2n) is 4.99. The summed E-state index contributed by atoms with van der Waals surface area (Å²) in [4.78, 5) is 6.86. The first-order valence-electron chi connectivity index (χ1n) is 7.70. The van der Waals surface area contributed by atoms with Gasteiger partial charge in [-0.1, -0.05) is 13.0 Å². The molecule has 1 N–H and O–H groups in total. The lowest BCUT2D eigenvalue weighted by Gasteiger charge is -2.25. The Morgan fingerprint density at radius 2 is 2.00 bits per heavy atom. The van der Waals surface area contributed by atoms with Crippen LogP contribution >= 0.6 is 0 Å². The molecule has 21 heavy (non-hydrogen) atoms. The van der Waals surface area contributed by atoms with Gasteiger partial charge < -0.3 is 19.7 Å². The minimum atomic E-state index is 0.700. The Labute approximate surface area is 128 Å². The Balaban J connectivity index is 2.73. The van der Waals surface area contributed by atoms with Gasteiger partial charge in [-0.3, -0.25) is 0 Å². The van der Waals surface area contributed by atoms with Crippen molar-refractivity contribution in [2.75, 3.05) is 52.0 Å². The zero-order chi connectivity index (χ0) is 15.3. The van der Waals surface area contributed by atoms with E-state index in [1.165, 1.54) is 5.56 Å². The van der Waals surface area contributed by atoms with Crippen LogP contribution < -0.4 is 10.2 Å². The van der Waals surface area contributed by atoms with Crippen LogP contribution in [0.25, 0.3) is 0 Å². The summed E-state index contributed by atoms with van der Waals surface area (Å²) in [7, 11) is 3.47. The molecule has 0 aliphatic heterocycles. The molecular formula is C16H29N3O2. The number of anilines is 1. The maximum absolute atomic E-state index is 5.22. The first kappa shape index (κ1) is 17.9. The summed E-state index contributed by atoms with van der Waals surface area (Å²) in [5.41, 5.74) is 1.24. The molecule has 0 spiro atoms. The molecule has 0 amide bonds. The molecule has 0 aliphatic rings. The Morgan fingerprint density at radius 3 is 2.71 bits per heavy atom. The van der Waals surface area contributed by atoms with Crippen molar-refractivity contribution in [3.8, 4) is 0 Å². The number of hydrogen-bond acceptors (Lipinski definition) is 5. The van der Waals surface area contributed by atoms with Gasteiger partial charge >= 0.3 is 0 Å². The van der Waals surface area contributed by atoms with Crippen LogP contribution in [0.4, 0.5) is 5.82 Å².